The van der Waals surface area contributed by atoms with E-state index in [9.17, 15) is 31.5 Å². The van der Waals surface area contributed by atoms with Gasteiger partial charge in [0.05, 0.1) is 21.3 Å². The second kappa shape index (κ2) is 10.6. The van der Waals surface area contributed by atoms with Crippen molar-refractivity contribution >= 4 is 52.3 Å². The summed E-state index contributed by atoms with van der Waals surface area (Å²) in [7, 11) is 0. The van der Waals surface area contributed by atoms with Gasteiger partial charge in [0.1, 0.15) is 18.9 Å². The number of alkyl halides is 4. The van der Waals surface area contributed by atoms with Gasteiger partial charge in [-0.15, -0.1) is 0 Å². The first kappa shape index (κ1) is 27.4. The van der Waals surface area contributed by atoms with E-state index in [0.717, 1.165) is 23.5 Å². The molecule has 7 nitrogen and oxygen atoms in total. The van der Waals surface area contributed by atoms with Gasteiger partial charge in [-0.3, -0.25) is 4.79 Å². The second-order valence-corrected chi connectivity index (χ2v) is 9.99. The highest BCUT2D eigenvalue weighted by atomic mass is 35.5. The van der Waals surface area contributed by atoms with Crippen LogP contribution in [0.5, 0.6) is 5.06 Å². The van der Waals surface area contributed by atoms with Crippen molar-refractivity contribution in [2.75, 3.05) is 19.8 Å². The molecule has 1 aliphatic heterocycles. The normalized spacial score (nSPS) is 18.7. The predicted molar refractivity (Wildman–Crippen MR) is 126 cm³/mol. The Balaban J connectivity index is 1.57. The lowest BCUT2D eigenvalue weighted by molar-refractivity contribution is -0.275. The highest BCUT2D eigenvalue weighted by molar-refractivity contribution is 7.16. The molecule has 0 bridgehead atoms. The molecule has 4 rings (SSSR count). The van der Waals surface area contributed by atoms with E-state index in [0.29, 0.717) is 35.3 Å². The van der Waals surface area contributed by atoms with E-state index in [1.54, 1.807) is 0 Å². The van der Waals surface area contributed by atoms with Gasteiger partial charge in [-0.25, -0.2) is 13.6 Å². The Kier molecular flexibility index (Phi) is 7.86. The molecule has 1 aromatic heterocycles. The lowest BCUT2D eigenvalue weighted by atomic mass is 9.87. The molecule has 1 unspecified atom stereocenters. The number of fused-ring (bicyclic) bond motifs is 1. The van der Waals surface area contributed by atoms with Crippen LogP contribution < -0.4 is 15.4 Å². The highest BCUT2D eigenvalue weighted by Gasteiger charge is 2.63. The maximum absolute atomic E-state index is 14.3. The minimum absolute atomic E-state index is 0.0297. The Morgan fingerprint density at radius 2 is 1.84 bits per heavy atom. The Morgan fingerprint density at radius 1 is 1.16 bits per heavy atom. The highest BCUT2D eigenvalue weighted by Crippen LogP contribution is 2.52. The summed E-state index contributed by atoms with van der Waals surface area (Å²) in [6.07, 6.45) is -4.95. The van der Waals surface area contributed by atoms with E-state index in [1.165, 1.54) is 0 Å². The molecule has 2 heterocycles. The van der Waals surface area contributed by atoms with Crippen molar-refractivity contribution in [2.24, 2.45) is 5.16 Å². The van der Waals surface area contributed by atoms with E-state index >= 15 is 0 Å². The number of nitrogens with one attached hydrogen (secondary N) is 2. The Morgan fingerprint density at radius 3 is 2.49 bits per heavy atom. The number of nitrogens with zero attached hydrogens (tertiary/aromatic N) is 1. The first-order chi connectivity index (χ1) is 17.5. The van der Waals surface area contributed by atoms with Crippen molar-refractivity contribution in [2.45, 2.75) is 37.5 Å². The van der Waals surface area contributed by atoms with Crippen LogP contribution in [0.3, 0.4) is 0 Å². The second-order valence-electron chi connectivity index (χ2n) is 8.20. The number of thiophene rings is 1. The first-order valence-electron chi connectivity index (χ1n) is 10.9. The smallest absolute Gasteiger partial charge is 0.399 e. The maximum Gasteiger partial charge on any atom is 0.435 e. The van der Waals surface area contributed by atoms with E-state index in [4.69, 9.17) is 32.8 Å². The first-order valence-corrected chi connectivity index (χ1v) is 12.4. The van der Waals surface area contributed by atoms with Gasteiger partial charge in [0, 0.05) is 17.7 Å². The van der Waals surface area contributed by atoms with Crippen LogP contribution in [0, 0.1) is 5.82 Å². The van der Waals surface area contributed by atoms with Crippen molar-refractivity contribution in [1.82, 2.24) is 10.6 Å². The molecular formula is C22H18Cl2F5N3O4S. The summed E-state index contributed by atoms with van der Waals surface area (Å²) in [6, 6.07) is 1.60. The molecule has 15 heteroatoms. The number of hydrogen-bond donors (Lipinski definition) is 2. The van der Waals surface area contributed by atoms with Crippen LogP contribution >= 0.6 is 34.5 Å². The van der Waals surface area contributed by atoms with Crippen molar-refractivity contribution in [1.29, 1.82) is 0 Å². The van der Waals surface area contributed by atoms with Crippen molar-refractivity contribution in [3.8, 4) is 5.06 Å². The third-order valence-corrected chi connectivity index (χ3v) is 7.58. The molecule has 200 valence electrons. The number of rotatable bonds is 7. The zero-order valence-corrected chi connectivity index (χ0v) is 21.1. The van der Waals surface area contributed by atoms with Crippen LogP contribution in [-0.2, 0) is 28.1 Å². The molecule has 1 aromatic carbocycles. The van der Waals surface area contributed by atoms with Gasteiger partial charge in [0.2, 0.25) is 5.91 Å². The zero-order valence-electron chi connectivity index (χ0n) is 18.7. The number of benzene rings is 1. The summed E-state index contributed by atoms with van der Waals surface area (Å²) >= 11 is 12.4. The van der Waals surface area contributed by atoms with Crippen LogP contribution in [0.15, 0.2) is 17.3 Å². The summed E-state index contributed by atoms with van der Waals surface area (Å²) in [5, 5.41) is 7.16. The quantitative estimate of drug-likeness (QED) is 0.334. The fourth-order valence-corrected chi connectivity index (χ4v) is 5.80. The molecule has 0 radical (unpaired) electrons. The van der Waals surface area contributed by atoms with Crippen LogP contribution in [0.2, 0.25) is 10.0 Å². The van der Waals surface area contributed by atoms with E-state index in [1.807, 2.05) is 0 Å². The average Bonchev–Trinajstić information content (AvgIpc) is 3.56. The molecule has 0 saturated carbocycles. The summed E-state index contributed by atoms with van der Waals surface area (Å²) in [5.74, 6) is -1.67. The molecule has 37 heavy (non-hydrogen) atoms. The molecular weight excluding hydrogens is 568 g/mol. The topological polar surface area (TPSA) is 89.0 Å². The predicted octanol–water partition coefficient (Wildman–Crippen LogP) is 5.44. The number of carbonyl (C=O) groups is 2. The van der Waals surface area contributed by atoms with Gasteiger partial charge in [-0.1, -0.05) is 39.7 Å². The van der Waals surface area contributed by atoms with Gasteiger partial charge in [-0.2, -0.15) is 13.2 Å². The molecule has 2 N–H and O–H groups in total. The zero-order chi connectivity index (χ0) is 27.0. The van der Waals surface area contributed by atoms with Gasteiger partial charge in [0.25, 0.3) is 5.60 Å². The van der Waals surface area contributed by atoms with Crippen LogP contribution in [0.25, 0.3) is 0 Å². The van der Waals surface area contributed by atoms with Crippen LogP contribution in [0.4, 0.5) is 26.7 Å². The minimum Gasteiger partial charge on any atom is -0.399 e. The fraction of sp³-hybridized carbons (Fsp3) is 0.409. The molecule has 0 spiro atoms. The summed E-state index contributed by atoms with van der Waals surface area (Å²) in [6.45, 7) is -1.40. The van der Waals surface area contributed by atoms with Crippen molar-refractivity contribution in [3.63, 3.8) is 0 Å². The number of hydrogen-bond acceptors (Lipinski definition) is 6. The lowest BCUT2D eigenvalue weighted by Gasteiger charge is -2.29. The van der Waals surface area contributed by atoms with Gasteiger partial charge in [0.15, 0.2) is 10.9 Å². The molecule has 0 saturated heterocycles. The summed E-state index contributed by atoms with van der Waals surface area (Å²) < 4.78 is 74.3. The number of oxime groups is 1. The maximum atomic E-state index is 14.3. The number of ether oxygens (including phenoxy) is 1. The van der Waals surface area contributed by atoms with E-state index < -0.39 is 64.8 Å². The third-order valence-electron chi connectivity index (χ3n) is 5.83. The van der Waals surface area contributed by atoms with Crippen LogP contribution in [-0.4, -0.2) is 43.7 Å². The summed E-state index contributed by atoms with van der Waals surface area (Å²) in [4.78, 5) is 29.1. The van der Waals surface area contributed by atoms with Crippen molar-refractivity contribution in [3.05, 3.63) is 49.6 Å². The largest absolute Gasteiger partial charge is 0.435 e. The Hall–Kier alpha value is -2.64. The fourth-order valence-electron chi connectivity index (χ4n) is 4.09. The average molecular weight is 586 g/mol. The Labute approximate surface area is 220 Å². The molecule has 2 aromatic rings. The molecule has 1 aliphatic carbocycles. The molecule has 0 fully saturated rings. The standard InChI is InChI=1S/C22H18Cl2F5N3O4S/c23-13-6-10(7-14(24)17(13)26)21(22(27,28)29)8-15(32-36-21)18-11-2-1-3-12(11)19(37-18)35-20(34)31-9-16(33)30-5-4-25/h6-7H,1-5,8-9H2,(H,30,33)(H,31,34). The molecule has 2 aliphatic rings. The monoisotopic (exact) mass is 585 g/mol. The van der Waals surface area contributed by atoms with Gasteiger partial charge in [-0.05, 0) is 37.0 Å². The van der Waals surface area contributed by atoms with Crippen LogP contribution in [0.1, 0.15) is 34.4 Å². The number of carbonyl (C=O) groups excluding carboxylic acids is 2. The SMILES string of the molecule is O=C(CNC(=O)Oc1sc(C2=NOC(c3cc(Cl)c(F)c(Cl)c3)(C(F)(F)F)C2)c2c1CCC2)NCCF. The third kappa shape index (κ3) is 5.34. The molecule has 2 amide bonds. The number of amides is 2. The van der Waals surface area contributed by atoms with Gasteiger partial charge < -0.3 is 20.2 Å². The minimum atomic E-state index is -4.97. The number of halogens is 7. The molecule has 1 atom stereocenters. The van der Waals surface area contributed by atoms with Gasteiger partial charge >= 0.3 is 12.3 Å². The summed E-state index contributed by atoms with van der Waals surface area (Å²) in [5.41, 5.74) is -2.16. The Bertz CT molecular complexity index is 1250. The van der Waals surface area contributed by atoms with E-state index in [-0.39, 0.29) is 17.3 Å². The van der Waals surface area contributed by atoms with Crippen molar-refractivity contribution < 1.29 is 41.1 Å². The van der Waals surface area contributed by atoms with E-state index in [2.05, 4.69) is 15.8 Å². The lowest BCUT2D eigenvalue weighted by Crippen LogP contribution is -2.42.